The number of anilines is 1. The second-order valence-electron chi connectivity index (χ2n) is 4.89. The maximum atomic E-state index is 12.4. The van der Waals surface area contributed by atoms with Gasteiger partial charge in [-0.25, -0.2) is 13.1 Å². The number of fused-ring (bicyclic) bond motifs is 1. The van der Waals surface area contributed by atoms with Crippen LogP contribution in [0.15, 0.2) is 17.0 Å². The normalized spacial score (nSPS) is 15.8. The number of hydrogen-bond donors (Lipinski definition) is 2. The average molecular weight is 294 g/mol. The van der Waals surface area contributed by atoms with Crippen LogP contribution in [0.25, 0.3) is 0 Å². The molecule has 0 spiro atoms. The predicted octanol–water partition coefficient (Wildman–Crippen LogP) is 1.28. The van der Waals surface area contributed by atoms with Gasteiger partial charge >= 0.3 is 0 Å². The molecule has 0 amide bonds. The van der Waals surface area contributed by atoms with Crippen LogP contribution in [0.4, 0.5) is 5.69 Å². The topological polar surface area (TPSA) is 81.4 Å². The Morgan fingerprint density at radius 1 is 1.55 bits per heavy atom. The molecule has 5 nitrogen and oxygen atoms in total. The lowest BCUT2D eigenvalue weighted by atomic mass is 10.1. The second-order valence-corrected chi connectivity index (χ2v) is 6.57. The predicted molar refractivity (Wildman–Crippen MR) is 77.9 cm³/mol. The molecule has 108 valence electrons. The summed E-state index contributed by atoms with van der Waals surface area (Å²) in [5.74, 6) is 2.84. The molecule has 1 unspecified atom stereocenters. The Bertz CT molecular complexity index is 647. The second kappa shape index (κ2) is 5.73. The van der Waals surface area contributed by atoms with Crippen molar-refractivity contribution in [3.63, 3.8) is 0 Å². The Balaban J connectivity index is 2.41. The van der Waals surface area contributed by atoms with E-state index >= 15 is 0 Å². The van der Waals surface area contributed by atoms with E-state index in [4.69, 9.17) is 16.9 Å². The fraction of sp³-hybridized carbons (Fsp3) is 0.429. The first-order valence-corrected chi connectivity index (χ1v) is 7.93. The molecule has 0 saturated heterocycles. The minimum absolute atomic E-state index is 0.0936. The van der Waals surface area contributed by atoms with E-state index in [1.165, 1.54) is 6.07 Å². The molecular weight excluding hydrogens is 276 g/mol. The van der Waals surface area contributed by atoms with Gasteiger partial charge in [-0.15, -0.1) is 12.3 Å². The maximum absolute atomic E-state index is 12.4. The number of aryl methyl sites for hydroxylation is 1. The van der Waals surface area contributed by atoms with Crippen molar-refractivity contribution in [3.05, 3.63) is 17.7 Å². The maximum Gasteiger partial charge on any atom is 0.244 e. The first-order chi connectivity index (χ1) is 9.44. The van der Waals surface area contributed by atoms with E-state index in [-0.39, 0.29) is 10.9 Å². The summed E-state index contributed by atoms with van der Waals surface area (Å²) in [5, 5.41) is 0. The summed E-state index contributed by atoms with van der Waals surface area (Å²) >= 11 is 0. The van der Waals surface area contributed by atoms with Crippen LogP contribution < -0.4 is 15.2 Å². The van der Waals surface area contributed by atoms with Crippen LogP contribution in [0.1, 0.15) is 25.3 Å². The standard InChI is InChI=1S/C14H18N2O3S/c1-3-5-10(2)16-20(17,18)13-9-12(15)8-11-6-4-7-19-14(11)13/h1,8-10,16H,4-7,15H2,2H3. The molecule has 20 heavy (non-hydrogen) atoms. The number of ether oxygens (including phenoxy) is 1. The number of hydrogen-bond acceptors (Lipinski definition) is 4. The molecule has 1 atom stereocenters. The van der Waals surface area contributed by atoms with Gasteiger partial charge in [0.05, 0.1) is 6.61 Å². The van der Waals surface area contributed by atoms with Crippen LogP contribution in [0.5, 0.6) is 5.75 Å². The molecule has 0 radical (unpaired) electrons. The number of nitrogen functional groups attached to an aromatic ring is 1. The zero-order valence-corrected chi connectivity index (χ0v) is 12.2. The summed E-state index contributed by atoms with van der Waals surface area (Å²) < 4.78 is 32.9. The first-order valence-electron chi connectivity index (χ1n) is 6.45. The number of terminal acetylenes is 1. The lowest BCUT2D eigenvalue weighted by Crippen LogP contribution is -2.33. The van der Waals surface area contributed by atoms with Crippen molar-refractivity contribution < 1.29 is 13.2 Å². The van der Waals surface area contributed by atoms with Gasteiger partial charge < -0.3 is 10.5 Å². The number of nitrogens with one attached hydrogen (secondary N) is 1. The minimum atomic E-state index is -3.70. The molecule has 1 aromatic rings. The molecule has 0 fully saturated rings. The Morgan fingerprint density at radius 2 is 2.30 bits per heavy atom. The molecule has 1 aliphatic rings. The summed E-state index contributed by atoms with van der Waals surface area (Å²) in [7, 11) is -3.70. The molecule has 2 rings (SSSR count). The fourth-order valence-corrected chi connectivity index (χ4v) is 3.68. The summed E-state index contributed by atoms with van der Waals surface area (Å²) in [6.45, 7) is 2.23. The zero-order chi connectivity index (χ0) is 14.8. The largest absolute Gasteiger partial charge is 0.492 e. The van der Waals surface area contributed by atoms with Gasteiger partial charge in [-0.2, -0.15) is 0 Å². The fourth-order valence-electron chi connectivity index (χ4n) is 2.22. The lowest BCUT2D eigenvalue weighted by Gasteiger charge is -2.22. The van der Waals surface area contributed by atoms with Gasteiger partial charge in [0.15, 0.2) is 0 Å². The number of rotatable bonds is 4. The molecule has 1 aromatic carbocycles. The highest BCUT2D eigenvalue weighted by Gasteiger charge is 2.26. The van der Waals surface area contributed by atoms with E-state index < -0.39 is 10.0 Å². The SMILES string of the molecule is C#CCC(C)NS(=O)(=O)c1cc(N)cc2c1OCCC2. The lowest BCUT2D eigenvalue weighted by molar-refractivity contribution is 0.280. The van der Waals surface area contributed by atoms with Crippen LogP contribution in [0.2, 0.25) is 0 Å². The molecule has 3 N–H and O–H groups in total. The molecule has 0 saturated carbocycles. The third kappa shape index (κ3) is 3.06. The quantitative estimate of drug-likeness (QED) is 0.647. The highest BCUT2D eigenvalue weighted by atomic mass is 32.2. The van der Waals surface area contributed by atoms with Gasteiger partial charge in [-0.3, -0.25) is 0 Å². The van der Waals surface area contributed by atoms with Crippen molar-refractivity contribution >= 4 is 15.7 Å². The molecular formula is C14H18N2O3S. The monoisotopic (exact) mass is 294 g/mol. The average Bonchev–Trinajstić information content (AvgIpc) is 2.37. The van der Waals surface area contributed by atoms with Crippen molar-refractivity contribution in [2.45, 2.75) is 37.1 Å². The van der Waals surface area contributed by atoms with Gasteiger partial charge in [0.2, 0.25) is 10.0 Å². The number of benzene rings is 1. The van der Waals surface area contributed by atoms with Crippen molar-refractivity contribution in [1.82, 2.24) is 4.72 Å². The zero-order valence-electron chi connectivity index (χ0n) is 11.3. The third-order valence-corrected chi connectivity index (χ3v) is 4.66. The molecule has 0 aliphatic carbocycles. The first kappa shape index (κ1) is 14.7. The van der Waals surface area contributed by atoms with Crippen LogP contribution in [0, 0.1) is 12.3 Å². The van der Waals surface area contributed by atoms with Crippen molar-refractivity contribution in [1.29, 1.82) is 0 Å². The van der Waals surface area contributed by atoms with E-state index in [0.717, 1.165) is 18.4 Å². The Labute approximate surface area is 119 Å². The van der Waals surface area contributed by atoms with E-state index in [0.29, 0.717) is 24.5 Å². The van der Waals surface area contributed by atoms with Crippen LogP contribution in [-0.4, -0.2) is 21.1 Å². The molecule has 1 aliphatic heterocycles. The van der Waals surface area contributed by atoms with Gasteiger partial charge in [0.25, 0.3) is 0 Å². The van der Waals surface area contributed by atoms with Gasteiger partial charge in [0.1, 0.15) is 10.6 Å². The van der Waals surface area contributed by atoms with E-state index in [9.17, 15) is 8.42 Å². The van der Waals surface area contributed by atoms with Crippen molar-refractivity contribution in [2.24, 2.45) is 0 Å². The molecule has 1 heterocycles. The summed E-state index contributed by atoms with van der Waals surface area (Å²) in [4.78, 5) is 0.0936. The van der Waals surface area contributed by atoms with E-state index in [2.05, 4.69) is 10.6 Å². The van der Waals surface area contributed by atoms with E-state index in [1.807, 2.05) is 0 Å². The number of nitrogens with two attached hydrogens (primary N) is 1. The molecule has 6 heteroatoms. The molecule has 0 aromatic heterocycles. The Kier molecular flexibility index (Phi) is 4.21. The van der Waals surface area contributed by atoms with Crippen LogP contribution in [0.3, 0.4) is 0 Å². The summed E-state index contributed by atoms with van der Waals surface area (Å²) in [5.41, 5.74) is 7.04. The Hall–Kier alpha value is -1.71. The van der Waals surface area contributed by atoms with Gasteiger partial charge in [-0.05, 0) is 37.5 Å². The van der Waals surface area contributed by atoms with Gasteiger partial charge in [0, 0.05) is 18.2 Å². The third-order valence-electron chi connectivity index (χ3n) is 3.06. The van der Waals surface area contributed by atoms with E-state index in [1.54, 1.807) is 13.0 Å². The highest BCUT2D eigenvalue weighted by molar-refractivity contribution is 7.89. The summed E-state index contributed by atoms with van der Waals surface area (Å²) in [6, 6.07) is 2.85. The van der Waals surface area contributed by atoms with Crippen molar-refractivity contribution in [3.8, 4) is 18.1 Å². The molecule has 0 bridgehead atoms. The smallest absolute Gasteiger partial charge is 0.244 e. The number of sulfonamides is 1. The summed E-state index contributed by atoms with van der Waals surface area (Å²) in [6.07, 6.45) is 7.14. The van der Waals surface area contributed by atoms with Crippen LogP contribution in [-0.2, 0) is 16.4 Å². The Morgan fingerprint density at radius 3 is 3.00 bits per heavy atom. The highest BCUT2D eigenvalue weighted by Crippen LogP contribution is 2.34. The van der Waals surface area contributed by atoms with Gasteiger partial charge in [-0.1, -0.05) is 0 Å². The van der Waals surface area contributed by atoms with Crippen LogP contribution >= 0.6 is 0 Å². The minimum Gasteiger partial charge on any atom is -0.492 e. The van der Waals surface area contributed by atoms with Crippen molar-refractivity contribution in [2.75, 3.05) is 12.3 Å².